The summed E-state index contributed by atoms with van der Waals surface area (Å²) in [5.74, 6) is 0.952. The first-order chi connectivity index (χ1) is 9.77. The Morgan fingerprint density at radius 2 is 2.00 bits per heavy atom. The smallest absolute Gasteiger partial charge is 0.231 e. The van der Waals surface area contributed by atoms with Crippen LogP contribution in [0.4, 0.5) is 5.69 Å². The first-order valence-electron chi connectivity index (χ1n) is 7.56. The first-order valence-corrected chi connectivity index (χ1v) is 7.56. The lowest BCUT2D eigenvalue weighted by Gasteiger charge is -2.32. The zero-order chi connectivity index (χ0) is 13.9. The lowest BCUT2D eigenvalue weighted by Crippen LogP contribution is -2.46. The van der Waals surface area contributed by atoms with Crippen molar-refractivity contribution in [2.45, 2.75) is 38.1 Å². The number of amides is 1. The van der Waals surface area contributed by atoms with Gasteiger partial charge >= 0.3 is 0 Å². The molecule has 1 aromatic carbocycles. The van der Waals surface area contributed by atoms with E-state index < -0.39 is 0 Å². The predicted octanol–water partition coefficient (Wildman–Crippen LogP) is 2.32. The minimum atomic E-state index is -0.0325. The summed E-state index contributed by atoms with van der Waals surface area (Å²) < 4.78 is 5.72. The SMILES string of the molecule is NC1CCCCC1C(=O)N1CCCOc2ccccc21. The highest BCUT2D eigenvalue weighted by molar-refractivity contribution is 5.97. The summed E-state index contributed by atoms with van der Waals surface area (Å²) in [5.41, 5.74) is 7.06. The van der Waals surface area contributed by atoms with Crippen LogP contribution in [0.15, 0.2) is 24.3 Å². The van der Waals surface area contributed by atoms with E-state index >= 15 is 0 Å². The standard InChI is InChI=1S/C16H22N2O2/c17-13-7-2-1-6-12(13)16(19)18-10-5-11-20-15-9-4-3-8-14(15)18/h3-4,8-9,12-13H,1-2,5-7,10-11,17H2. The van der Waals surface area contributed by atoms with Gasteiger partial charge in [-0.15, -0.1) is 0 Å². The summed E-state index contributed by atoms with van der Waals surface area (Å²) in [6.45, 7) is 1.39. The van der Waals surface area contributed by atoms with Gasteiger partial charge in [0, 0.05) is 12.6 Å². The monoisotopic (exact) mass is 274 g/mol. The number of anilines is 1. The van der Waals surface area contributed by atoms with Crippen LogP contribution in [0.1, 0.15) is 32.1 Å². The van der Waals surface area contributed by atoms with E-state index in [1.54, 1.807) is 0 Å². The lowest BCUT2D eigenvalue weighted by molar-refractivity contribution is -0.123. The van der Waals surface area contributed by atoms with Crippen LogP contribution >= 0.6 is 0 Å². The highest BCUT2D eigenvalue weighted by Crippen LogP contribution is 2.33. The van der Waals surface area contributed by atoms with Crippen LogP contribution in [0.5, 0.6) is 5.75 Å². The van der Waals surface area contributed by atoms with Crippen LogP contribution in [-0.4, -0.2) is 25.1 Å². The highest BCUT2D eigenvalue weighted by Gasteiger charge is 2.33. The fourth-order valence-corrected chi connectivity index (χ4v) is 3.22. The zero-order valence-corrected chi connectivity index (χ0v) is 11.8. The number of carbonyl (C=O) groups is 1. The Labute approximate surface area is 119 Å². The van der Waals surface area contributed by atoms with Crippen molar-refractivity contribution in [3.63, 3.8) is 0 Å². The molecule has 3 rings (SSSR count). The number of para-hydroxylation sites is 2. The Kier molecular flexibility index (Phi) is 3.92. The van der Waals surface area contributed by atoms with Gasteiger partial charge in [-0.2, -0.15) is 0 Å². The molecule has 4 nitrogen and oxygen atoms in total. The van der Waals surface area contributed by atoms with Crippen molar-refractivity contribution in [1.82, 2.24) is 0 Å². The second kappa shape index (κ2) is 5.83. The maximum Gasteiger partial charge on any atom is 0.231 e. The Balaban J connectivity index is 1.87. The van der Waals surface area contributed by atoms with Crippen LogP contribution in [0, 0.1) is 5.92 Å². The van der Waals surface area contributed by atoms with Crippen molar-refractivity contribution in [3.8, 4) is 5.75 Å². The number of nitrogens with two attached hydrogens (primary N) is 1. The van der Waals surface area contributed by atoms with Gasteiger partial charge in [0.2, 0.25) is 5.91 Å². The third-order valence-corrected chi connectivity index (χ3v) is 4.34. The number of carbonyl (C=O) groups excluding carboxylic acids is 1. The fraction of sp³-hybridized carbons (Fsp3) is 0.562. The molecule has 2 N–H and O–H groups in total. The van der Waals surface area contributed by atoms with Gasteiger partial charge in [-0.3, -0.25) is 4.79 Å². The molecule has 0 saturated heterocycles. The summed E-state index contributed by atoms with van der Waals surface area (Å²) >= 11 is 0. The number of fused-ring (bicyclic) bond motifs is 1. The average Bonchev–Trinajstić information content (AvgIpc) is 2.69. The Morgan fingerprint density at radius 1 is 1.20 bits per heavy atom. The van der Waals surface area contributed by atoms with E-state index in [9.17, 15) is 4.79 Å². The molecule has 1 saturated carbocycles. The van der Waals surface area contributed by atoms with Crippen LogP contribution in [0.25, 0.3) is 0 Å². The van der Waals surface area contributed by atoms with Gasteiger partial charge in [0.1, 0.15) is 5.75 Å². The summed E-state index contributed by atoms with van der Waals surface area (Å²) in [6.07, 6.45) is 4.99. The minimum absolute atomic E-state index is 0.00702. The van der Waals surface area contributed by atoms with E-state index in [2.05, 4.69) is 0 Å². The molecule has 1 heterocycles. The Bertz CT molecular complexity index is 489. The van der Waals surface area contributed by atoms with Gasteiger partial charge in [-0.25, -0.2) is 0 Å². The van der Waals surface area contributed by atoms with E-state index in [4.69, 9.17) is 10.5 Å². The van der Waals surface area contributed by atoms with Crippen LogP contribution < -0.4 is 15.4 Å². The number of nitrogens with zero attached hydrogens (tertiary/aromatic N) is 1. The van der Waals surface area contributed by atoms with Crippen molar-refractivity contribution in [2.24, 2.45) is 11.7 Å². The summed E-state index contributed by atoms with van der Waals surface area (Å²) in [7, 11) is 0. The average molecular weight is 274 g/mol. The largest absolute Gasteiger partial charge is 0.491 e. The molecule has 0 spiro atoms. The van der Waals surface area contributed by atoms with Crippen LogP contribution in [0.3, 0.4) is 0 Å². The fourth-order valence-electron chi connectivity index (χ4n) is 3.22. The maximum atomic E-state index is 12.9. The summed E-state index contributed by atoms with van der Waals surface area (Å²) in [6, 6.07) is 7.80. The van der Waals surface area contributed by atoms with Crippen molar-refractivity contribution in [3.05, 3.63) is 24.3 Å². The molecular weight excluding hydrogens is 252 g/mol. The number of ether oxygens (including phenoxy) is 1. The molecule has 1 amide bonds. The number of rotatable bonds is 1. The summed E-state index contributed by atoms with van der Waals surface area (Å²) in [5, 5.41) is 0. The topological polar surface area (TPSA) is 55.6 Å². The molecule has 1 aliphatic heterocycles. The quantitative estimate of drug-likeness (QED) is 0.855. The van der Waals surface area contributed by atoms with Crippen LogP contribution in [0.2, 0.25) is 0 Å². The van der Waals surface area contributed by atoms with E-state index in [1.807, 2.05) is 29.2 Å². The molecule has 1 aromatic rings. The predicted molar refractivity (Wildman–Crippen MR) is 78.8 cm³/mol. The van der Waals surface area contributed by atoms with Gasteiger partial charge in [-0.05, 0) is 31.4 Å². The van der Waals surface area contributed by atoms with Gasteiger partial charge in [0.25, 0.3) is 0 Å². The molecule has 0 bridgehead atoms. The molecule has 20 heavy (non-hydrogen) atoms. The molecule has 0 radical (unpaired) electrons. The van der Waals surface area contributed by atoms with Gasteiger partial charge < -0.3 is 15.4 Å². The van der Waals surface area contributed by atoms with Crippen LogP contribution in [-0.2, 0) is 4.79 Å². The number of hydrogen-bond acceptors (Lipinski definition) is 3. The second-order valence-corrected chi connectivity index (χ2v) is 5.71. The lowest BCUT2D eigenvalue weighted by atomic mass is 9.84. The number of hydrogen-bond donors (Lipinski definition) is 1. The van der Waals surface area contributed by atoms with Crippen molar-refractivity contribution in [1.29, 1.82) is 0 Å². The molecule has 2 unspecified atom stereocenters. The molecule has 0 aromatic heterocycles. The van der Waals surface area contributed by atoms with E-state index in [0.717, 1.165) is 50.1 Å². The Morgan fingerprint density at radius 3 is 2.85 bits per heavy atom. The van der Waals surface area contributed by atoms with Gasteiger partial charge in [0.05, 0.1) is 18.2 Å². The molecule has 1 fully saturated rings. The second-order valence-electron chi connectivity index (χ2n) is 5.71. The third-order valence-electron chi connectivity index (χ3n) is 4.34. The molecular formula is C16H22N2O2. The minimum Gasteiger partial charge on any atom is -0.491 e. The maximum absolute atomic E-state index is 12.9. The number of benzene rings is 1. The van der Waals surface area contributed by atoms with Crippen molar-refractivity contribution >= 4 is 11.6 Å². The van der Waals surface area contributed by atoms with E-state index in [1.165, 1.54) is 0 Å². The normalized spacial score (nSPS) is 26.4. The zero-order valence-electron chi connectivity index (χ0n) is 11.8. The Hall–Kier alpha value is -1.55. The molecule has 1 aliphatic carbocycles. The van der Waals surface area contributed by atoms with Crippen molar-refractivity contribution in [2.75, 3.05) is 18.1 Å². The van der Waals surface area contributed by atoms with E-state index in [-0.39, 0.29) is 17.9 Å². The molecule has 2 aliphatic rings. The van der Waals surface area contributed by atoms with E-state index in [0.29, 0.717) is 6.61 Å². The molecule has 108 valence electrons. The van der Waals surface area contributed by atoms with Gasteiger partial charge in [0.15, 0.2) is 0 Å². The summed E-state index contributed by atoms with van der Waals surface area (Å²) in [4.78, 5) is 14.8. The molecule has 4 heteroatoms. The first kappa shape index (κ1) is 13.4. The highest BCUT2D eigenvalue weighted by atomic mass is 16.5. The third kappa shape index (κ3) is 2.52. The van der Waals surface area contributed by atoms with Crippen molar-refractivity contribution < 1.29 is 9.53 Å². The molecule has 2 atom stereocenters. The van der Waals surface area contributed by atoms with Gasteiger partial charge in [-0.1, -0.05) is 25.0 Å².